The van der Waals surface area contributed by atoms with E-state index in [4.69, 9.17) is 0 Å². The van der Waals surface area contributed by atoms with E-state index >= 15 is 0 Å². The average Bonchev–Trinajstić information content (AvgIpc) is 2.80. The maximum Gasteiger partial charge on any atom is 0.442 e. The molecule has 2 N–H and O–H groups in total. The summed E-state index contributed by atoms with van der Waals surface area (Å²) in [5.41, 5.74) is -2.85. The lowest BCUT2D eigenvalue weighted by molar-refractivity contribution is -0.205. The minimum absolute atomic E-state index is 0.0514. The molecule has 0 spiro atoms. The highest BCUT2D eigenvalue weighted by molar-refractivity contribution is 7.16. The van der Waals surface area contributed by atoms with Gasteiger partial charge in [0, 0.05) is 4.88 Å². The molecule has 1 amide bonds. The lowest BCUT2D eigenvalue weighted by Gasteiger charge is -2.34. The fraction of sp³-hybridized carbons (Fsp3) is 0.611. The lowest BCUT2D eigenvalue weighted by Crippen LogP contribution is -2.69. The molecule has 1 aromatic rings. The zero-order chi connectivity index (χ0) is 21.7. The van der Waals surface area contributed by atoms with Gasteiger partial charge in [-0.25, -0.2) is 9.59 Å². The summed E-state index contributed by atoms with van der Waals surface area (Å²) in [4.78, 5) is 25.1. The van der Waals surface area contributed by atoms with Crippen LogP contribution in [0.1, 0.15) is 49.1 Å². The first-order chi connectivity index (χ1) is 13.7. The zero-order valence-corrected chi connectivity index (χ0v) is 16.9. The number of amides is 1. The number of hydrogen-bond donors (Lipinski definition) is 2. The summed E-state index contributed by atoms with van der Waals surface area (Å²) in [6.07, 6.45) is -2.86. The van der Waals surface area contributed by atoms with Crippen molar-refractivity contribution in [3.8, 4) is 6.07 Å². The van der Waals surface area contributed by atoms with Gasteiger partial charge < -0.3 is 14.8 Å². The molecule has 0 unspecified atom stereocenters. The van der Waals surface area contributed by atoms with Gasteiger partial charge in [0.15, 0.2) is 0 Å². The van der Waals surface area contributed by atoms with Crippen LogP contribution in [0.3, 0.4) is 0 Å². The van der Waals surface area contributed by atoms with E-state index in [1.807, 2.05) is 6.07 Å². The number of fused-ring (bicyclic) bond motifs is 1. The maximum absolute atomic E-state index is 14.1. The molecule has 0 bridgehead atoms. The van der Waals surface area contributed by atoms with Crippen molar-refractivity contribution in [1.82, 2.24) is 5.32 Å². The highest BCUT2D eigenvalue weighted by Crippen LogP contribution is 2.41. The summed E-state index contributed by atoms with van der Waals surface area (Å²) < 4.78 is 51.5. The number of halogens is 3. The molecule has 1 aromatic heterocycles. The van der Waals surface area contributed by atoms with Crippen molar-refractivity contribution in [3.05, 3.63) is 16.0 Å². The van der Waals surface area contributed by atoms with Crippen LogP contribution < -0.4 is 10.6 Å². The third kappa shape index (κ3) is 4.75. The molecular formula is C18H22F3N3O4S. The normalized spacial score (nSPS) is 15.9. The lowest BCUT2D eigenvalue weighted by atomic mass is 10.1. The fourth-order valence-corrected chi connectivity index (χ4v) is 4.36. The number of nitrogens with one attached hydrogen (secondary N) is 2. The van der Waals surface area contributed by atoms with Crippen LogP contribution in [0.5, 0.6) is 0 Å². The number of anilines is 1. The molecule has 0 aromatic carbocycles. The highest BCUT2D eigenvalue weighted by Gasteiger charge is 2.64. The molecule has 0 aliphatic heterocycles. The first kappa shape index (κ1) is 22.8. The Kier molecular flexibility index (Phi) is 7.35. The summed E-state index contributed by atoms with van der Waals surface area (Å²) in [5.74, 6) is -1.74. The number of rotatable bonds is 6. The third-order valence-corrected chi connectivity index (χ3v) is 5.61. The number of alkyl halides is 3. The van der Waals surface area contributed by atoms with E-state index in [1.165, 1.54) is 13.8 Å². The van der Waals surface area contributed by atoms with Gasteiger partial charge in [0.2, 0.25) is 0 Å². The van der Waals surface area contributed by atoms with Gasteiger partial charge in [-0.3, -0.25) is 5.32 Å². The highest BCUT2D eigenvalue weighted by atomic mass is 32.1. The Bertz CT molecular complexity index is 803. The topological polar surface area (TPSA) is 100 Å². The van der Waals surface area contributed by atoms with Gasteiger partial charge in [0.25, 0.3) is 0 Å². The summed E-state index contributed by atoms with van der Waals surface area (Å²) in [6.45, 7) is 2.22. The van der Waals surface area contributed by atoms with Gasteiger partial charge in [-0.05, 0) is 45.1 Å². The molecule has 1 aliphatic rings. The number of aryl methyl sites for hydroxylation is 1. The predicted molar refractivity (Wildman–Crippen MR) is 99.5 cm³/mol. The zero-order valence-electron chi connectivity index (χ0n) is 16.1. The molecule has 0 saturated carbocycles. The average molecular weight is 433 g/mol. The smallest absolute Gasteiger partial charge is 0.442 e. The van der Waals surface area contributed by atoms with Crippen LogP contribution in [-0.4, -0.2) is 37.1 Å². The second kappa shape index (κ2) is 9.35. The summed E-state index contributed by atoms with van der Waals surface area (Å²) in [7, 11) is 0. The molecule has 11 heteroatoms. The number of nitrogens with zero attached hydrogens (tertiary/aromatic N) is 1. The van der Waals surface area contributed by atoms with Crippen molar-refractivity contribution in [2.24, 2.45) is 0 Å². The largest absolute Gasteiger partial charge is 0.463 e. The molecule has 0 radical (unpaired) electrons. The minimum atomic E-state index is -5.28. The van der Waals surface area contributed by atoms with Crippen LogP contribution in [0, 0.1) is 11.3 Å². The Morgan fingerprint density at radius 1 is 1.14 bits per heavy atom. The van der Waals surface area contributed by atoms with E-state index in [-0.39, 0.29) is 23.8 Å². The van der Waals surface area contributed by atoms with Gasteiger partial charge in [-0.2, -0.15) is 18.4 Å². The molecule has 2 rings (SSSR count). The van der Waals surface area contributed by atoms with Crippen molar-refractivity contribution in [2.75, 3.05) is 18.5 Å². The second-order valence-corrected chi connectivity index (χ2v) is 7.42. The number of carbonyl (C=O) groups excluding carboxylic acids is 2. The van der Waals surface area contributed by atoms with E-state index in [9.17, 15) is 28.0 Å². The molecule has 0 saturated heterocycles. The van der Waals surface area contributed by atoms with Crippen LogP contribution in [0.15, 0.2) is 0 Å². The molecule has 1 atom stereocenters. The minimum Gasteiger partial charge on any atom is -0.463 e. The fourth-order valence-electron chi connectivity index (χ4n) is 3.07. The number of thiophene rings is 1. The van der Waals surface area contributed by atoms with Crippen LogP contribution in [-0.2, 0) is 27.1 Å². The van der Waals surface area contributed by atoms with E-state index in [1.54, 1.807) is 5.32 Å². The van der Waals surface area contributed by atoms with Crippen molar-refractivity contribution >= 4 is 28.4 Å². The summed E-state index contributed by atoms with van der Waals surface area (Å²) >= 11 is 0.985. The first-order valence-corrected chi connectivity index (χ1v) is 10.0. The van der Waals surface area contributed by atoms with Crippen molar-refractivity contribution < 1.29 is 32.2 Å². The first-order valence-electron chi connectivity index (χ1n) is 9.21. The summed E-state index contributed by atoms with van der Waals surface area (Å²) in [5, 5.41) is 13.1. The van der Waals surface area contributed by atoms with Gasteiger partial charge >= 0.3 is 23.9 Å². The Balaban J connectivity index is 2.56. The van der Waals surface area contributed by atoms with Crippen molar-refractivity contribution in [1.29, 1.82) is 5.26 Å². The molecular weight excluding hydrogens is 411 g/mol. The molecule has 1 heterocycles. The van der Waals surface area contributed by atoms with E-state index in [0.717, 1.165) is 35.5 Å². The van der Waals surface area contributed by atoms with Gasteiger partial charge in [-0.15, -0.1) is 11.3 Å². The molecule has 29 heavy (non-hydrogen) atoms. The number of carbonyl (C=O) groups is 2. The summed E-state index contributed by atoms with van der Waals surface area (Å²) in [6, 6.07) is 1.94. The Labute approximate surface area is 170 Å². The molecule has 1 aliphatic carbocycles. The standard InChI is InChI=1S/C18H22F3N3O4S/c1-3-27-15(25)17(18(19,20)21,24-16(26)28-4-2)23-14-12(10-22)11-8-6-5-7-9-13(11)29-14/h23H,3-9H2,1-2H3,(H,24,26)/t17-/m1/s1. The van der Waals surface area contributed by atoms with E-state index in [2.05, 4.69) is 14.8 Å². The Morgan fingerprint density at radius 3 is 2.38 bits per heavy atom. The third-order valence-electron chi connectivity index (χ3n) is 4.41. The van der Waals surface area contributed by atoms with E-state index in [0.29, 0.717) is 18.4 Å². The quantitative estimate of drug-likeness (QED) is 0.401. The van der Waals surface area contributed by atoms with Crippen molar-refractivity contribution in [3.63, 3.8) is 0 Å². The second-order valence-electron chi connectivity index (χ2n) is 6.32. The SMILES string of the molecule is CCOC(=O)N[C@](Nc1sc2c(c1C#N)CCCCC2)(C(=O)OCC)C(F)(F)F. The maximum atomic E-state index is 14.1. The van der Waals surface area contributed by atoms with Gasteiger partial charge in [-0.1, -0.05) is 6.42 Å². The van der Waals surface area contributed by atoms with Crippen LogP contribution in [0.2, 0.25) is 0 Å². The van der Waals surface area contributed by atoms with Crippen LogP contribution >= 0.6 is 11.3 Å². The number of alkyl carbamates (subject to hydrolysis) is 1. The number of nitriles is 1. The monoisotopic (exact) mass is 433 g/mol. The number of ether oxygens (including phenoxy) is 2. The molecule has 0 fully saturated rings. The van der Waals surface area contributed by atoms with Gasteiger partial charge in [0.05, 0.1) is 18.8 Å². The van der Waals surface area contributed by atoms with Crippen LogP contribution in [0.4, 0.5) is 23.0 Å². The van der Waals surface area contributed by atoms with Gasteiger partial charge in [0.1, 0.15) is 11.1 Å². The Morgan fingerprint density at radius 2 is 1.79 bits per heavy atom. The molecule has 160 valence electrons. The molecule has 7 nitrogen and oxygen atoms in total. The van der Waals surface area contributed by atoms with Crippen LogP contribution in [0.25, 0.3) is 0 Å². The van der Waals surface area contributed by atoms with Crippen molar-refractivity contribution in [2.45, 2.75) is 57.8 Å². The Hall–Kier alpha value is -2.48. The number of esters is 1. The predicted octanol–water partition coefficient (Wildman–Crippen LogP) is 3.87. The van der Waals surface area contributed by atoms with E-state index < -0.39 is 23.9 Å². The number of hydrogen-bond acceptors (Lipinski definition) is 7.